The van der Waals surface area contributed by atoms with Gasteiger partial charge in [0, 0.05) is 47.8 Å². The number of carbonyl (C=O) groups excluding carboxylic acids is 3. The molecule has 0 spiro atoms. The molecule has 5 rings (SSSR count). The third-order valence-electron chi connectivity index (χ3n) is 6.41. The maximum absolute atomic E-state index is 12.6. The van der Waals surface area contributed by atoms with E-state index in [-0.39, 0.29) is 64.0 Å². The van der Waals surface area contributed by atoms with Gasteiger partial charge in [-0.2, -0.15) is 0 Å². The number of hydrogen-bond donors (Lipinski definition) is 2. The van der Waals surface area contributed by atoms with Gasteiger partial charge < -0.3 is 25.1 Å². The van der Waals surface area contributed by atoms with Crippen molar-refractivity contribution in [2.24, 2.45) is 11.8 Å². The van der Waals surface area contributed by atoms with Gasteiger partial charge in [0.2, 0.25) is 0 Å². The van der Waals surface area contributed by atoms with Gasteiger partial charge in [-0.3, -0.25) is 9.59 Å². The third-order valence-corrected chi connectivity index (χ3v) is 8.45. The van der Waals surface area contributed by atoms with Gasteiger partial charge in [-0.15, -0.1) is 0 Å². The Labute approximate surface area is 227 Å². The van der Waals surface area contributed by atoms with Gasteiger partial charge in [0.05, 0.1) is 26.6 Å². The van der Waals surface area contributed by atoms with Crippen molar-refractivity contribution in [3.05, 3.63) is 56.1 Å². The van der Waals surface area contributed by atoms with Crippen molar-refractivity contribution in [1.29, 1.82) is 0 Å². The fourth-order valence-corrected chi connectivity index (χ4v) is 5.85. The van der Waals surface area contributed by atoms with Gasteiger partial charge in [0.25, 0.3) is 5.91 Å². The van der Waals surface area contributed by atoms with Crippen molar-refractivity contribution in [3.63, 3.8) is 0 Å². The van der Waals surface area contributed by atoms with E-state index in [0.29, 0.717) is 45.8 Å². The van der Waals surface area contributed by atoms with Gasteiger partial charge >= 0.3 is 18.9 Å². The van der Waals surface area contributed by atoms with Gasteiger partial charge in [0.15, 0.2) is 10.9 Å². The number of anilines is 1. The van der Waals surface area contributed by atoms with Crippen LogP contribution in [0.4, 0.5) is 5.13 Å². The zero-order chi connectivity index (χ0) is 24.3. The van der Waals surface area contributed by atoms with Gasteiger partial charge in [0.1, 0.15) is 5.69 Å². The first-order chi connectivity index (χ1) is 16.2. The van der Waals surface area contributed by atoms with Crippen molar-refractivity contribution in [3.8, 4) is 11.3 Å². The summed E-state index contributed by atoms with van der Waals surface area (Å²) in [5.41, 5.74) is 2.37. The number of halogens is 2. The molecular weight excluding hydrogens is 506 g/mol. The maximum Gasteiger partial charge on any atom is 1.00 e. The number of hydrogen-bond acceptors (Lipinski definition) is 7. The Morgan fingerprint density at radius 1 is 1.14 bits per heavy atom. The Balaban J connectivity index is 0.00000289. The number of aromatic carboxylic acids is 1. The van der Waals surface area contributed by atoms with Crippen LogP contribution in [0.2, 0.25) is 10.0 Å². The second-order valence-electron chi connectivity index (χ2n) is 8.58. The van der Waals surface area contributed by atoms with E-state index in [1.807, 2.05) is 4.90 Å². The minimum Gasteiger partial charge on any atom is -0.544 e. The molecule has 2 aliphatic rings. The fourth-order valence-electron chi connectivity index (χ4n) is 4.49. The molecule has 0 unspecified atom stereocenters. The first-order valence-electron chi connectivity index (χ1n) is 10.6. The quantitative estimate of drug-likeness (QED) is 0.351. The standard InChI is InChI=1S/C23H20Cl2N4O4S.Li/c1-9-15(24)16(25)19(26-9)21(31)27-18-13-7-29(8-14(13)18)23-28-17(20(34-23)22(32)33)12-5-3-11(4-6-12)10(2)30;/h3-6,13-14,18,26H,7-8H2,1-2H3,(H,27,31)(H,32,33);/q;+1/p-1/t13-,14+,18-;. The molecule has 3 aromatic rings. The molecule has 3 atom stereocenters. The van der Waals surface area contributed by atoms with Crippen LogP contribution in [-0.2, 0) is 0 Å². The second kappa shape index (κ2) is 9.64. The molecule has 0 bridgehead atoms. The summed E-state index contributed by atoms with van der Waals surface area (Å²) in [6.07, 6.45) is 0. The monoisotopic (exact) mass is 524 g/mol. The topological polar surface area (TPSA) is 118 Å². The maximum atomic E-state index is 12.6. The number of aryl methyl sites for hydroxylation is 1. The summed E-state index contributed by atoms with van der Waals surface area (Å²) in [5.74, 6) is -1.18. The molecular formula is C23H19Cl2LiN4O4S. The predicted molar refractivity (Wildman–Crippen MR) is 128 cm³/mol. The van der Waals surface area contributed by atoms with Crippen molar-refractivity contribution in [1.82, 2.24) is 15.3 Å². The van der Waals surface area contributed by atoms with E-state index >= 15 is 0 Å². The number of aromatic amines is 1. The molecule has 1 aromatic carbocycles. The van der Waals surface area contributed by atoms with Crippen LogP contribution < -0.4 is 34.2 Å². The van der Waals surface area contributed by atoms with Crippen LogP contribution in [0.1, 0.15) is 43.1 Å². The number of carbonyl (C=O) groups is 3. The molecule has 3 heterocycles. The number of carboxylic acid groups (broad SMARTS) is 1. The van der Waals surface area contributed by atoms with Gasteiger partial charge in [-0.25, -0.2) is 4.98 Å². The van der Waals surface area contributed by atoms with Crippen LogP contribution in [0.5, 0.6) is 0 Å². The van der Waals surface area contributed by atoms with E-state index in [1.54, 1.807) is 31.2 Å². The molecule has 1 aliphatic carbocycles. The molecule has 176 valence electrons. The molecule has 12 heteroatoms. The minimum absolute atomic E-state index is 0. The number of carboxylic acids is 1. The van der Waals surface area contributed by atoms with Gasteiger partial charge in [-0.1, -0.05) is 58.8 Å². The van der Waals surface area contributed by atoms with Crippen molar-refractivity contribution in [2.45, 2.75) is 19.9 Å². The summed E-state index contributed by atoms with van der Waals surface area (Å²) in [7, 11) is 0. The Hall–Kier alpha value is -2.28. The number of ketones is 1. The van der Waals surface area contributed by atoms with Crippen LogP contribution in [0.25, 0.3) is 11.3 Å². The Bertz CT molecular complexity index is 1330. The first kappa shape index (κ1) is 25.8. The number of nitrogens with one attached hydrogen (secondary N) is 2. The number of rotatable bonds is 6. The molecule has 1 aliphatic heterocycles. The molecule has 1 saturated carbocycles. The average molecular weight is 525 g/mol. The van der Waals surface area contributed by atoms with E-state index in [1.165, 1.54) is 6.92 Å². The normalized spacial score (nSPS) is 20.2. The van der Waals surface area contributed by atoms with Crippen LogP contribution in [-0.4, -0.2) is 46.8 Å². The molecule has 2 aromatic heterocycles. The molecule has 1 amide bonds. The third kappa shape index (κ3) is 4.64. The predicted octanol–water partition coefficient (Wildman–Crippen LogP) is 0.188. The molecule has 2 N–H and O–H groups in total. The number of Topliss-reactive ketones (excluding diaryl/α,β-unsaturated/α-hetero) is 1. The summed E-state index contributed by atoms with van der Waals surface area (Å²) in [6.45, 7) is 4.52. The first-order valence-corrected chi connectivity index (χ1v) is 12.2. The summed E-state index contributed by atoms with van der Waals surface area (Å²) < 4.78 is 0. The summed E-state index contributed by atoms with van der Waals surface area (Å²) >= 11 is 13.3. The number of nitrogens with zero attached hydrogens (tertiary/aromatic N) is 2. The number of fused-ring (bicyclic) bond motifs is 1. The summed E-state index contributed by atoms with van der Waals surface area (Å²) in [5, 5.41) is 15.9. The largest absolute Gasteiger partial charge is 1.00 e. The van der Waals surface area contributed by atoms with E-state index in [9.17, 15) is 19.5 Å². The summed E-state index contributed by atoms with van der Waals surface area (Å²) in [4.78, 5) is 45.5. The molecule has 8 nitrogen and oxygen atoms in total. The number of thiazole rings is 1. The van der Waals surface area contributed by atoms with E-state index in [2.05, 4.69) is 15.3 Å². The SMILES string of the molecule is CC(=O)c1ccc(-c2nc(N3C[C@@H]4[C@H](C3)[C@@H]4NC(=O)c3[nH]c(C)c(Cl)c3Cl)sc2C(=O)[O-])cc1.[Li+]. The number of aromatic nitrogens is 2. The Morgan fingerprint density at radius 3 is 2.29 bits per heavy atom. The number of piperidine rings is 1. The Kier molecular flexibility index (Phi) is 7.11. The molecule has 1 saturated heterocycles. The Morgan fingerprint density at radius 2 is 1.77 bits per heavy atom. The van der Waals surface area contributed by atoms with Crippen LogP contribution in [0.15, 0.2) is 24.3 Å². The van der Waals surface area contributed by atoms with Crippen molar-refractivity contribution >= 4 is 57.3 Å². The summed E-state index contributed by atoms with van der Waals surface area (Å²) in [6, 6.07) is 6.70. The van der Waals surface area contributed by atoms with E-state index in [4.69, 9.17) is 23.2 Å². The zero-order valence-corrected chi connectivity index (χ0v) is 21.5. The van der Waals surface area contributed by atoms with Crippen LogP contribution >= 0.6 is 34.5 Å². The number of H-pyrrole nitrogens is 1. The average Bonchev–Trinajstić information content (AvgIpc) is 3.19. The second-order valence-corrected chi connectivity index (χ2v) is 10.3. The molecule has 35 heavy (non-hydrogen) atoms. The fraction of sp³-hybridized carbons (Fsp3) is 0.304. The van der Waals surface area contributed by atoms with E-state index in [0.717, 1.165) is 11.3 Å². The van der Waals surface area contributed by atoms with Crippen LogP contribution in [0, 0.1) is 18.8 Å². The van der Waals surface area contributed by atoms with Crippen LogP contribution in [0.3, 0.4) is 0 Å². The number of amides is 1. The van der Waals surface area contributed by atoms with E-state index < -0.39 is 5.97 Å². The number of benzene rings is 1. The zero-order valence-electron chi connectivity index (χ0n) is 19.1. The van der Waals surface area contributed by atoms with Crippen molar-refractivity contribution in [2.75, 3.05) is 18.0 Å². The molecule has 2 fully saturated rings. The smallest absolute Gasteiger partial charge is 0.544 e. The molecule has 0 radical (unpaired) electrons. The minimum atomic E-state index is -1.29. The van der Waals surface area contributed by atoms with Crippen molar-refractivity contribution < 1.29 is 38.4 Å². The van der Waals surface area contributed by atoms with Gasteiger partial charge in [-0.05, 0) is 13.8 Å².